The molecule has 0 fully saturated rings. The Hall–Kier alpha value is -2.61. The van der Waals surface area contributed by atoms with Gasteiger partial charge in [-0.05, 0) is 30.3 Å². The Labute approximate surface area is 155 Å². The molecule has 0 amide bonds. The van der Waals surface area contributed by atoms with E-state index in [4.69, 9.17) is 21.4 Å². The van der Waals surface area contributed by atoms with Crippen LogP contribution in [-0.4, -0.2) is 44.6 Å². The van der Waals surface area contributed by atoms with Crippen LogP contribution in [0.25, 0.3) is 5.69 Å². The molecule has 3 aromatic rings. The van der Waals surface area contributed by atoms with Crippen molar-refractivity contribution in [2.24, 2.45) is 4.99 Å². The summed E-state index contributed by atoms with van der Waals surface area (Å²) >= 11 is 6.28. The van der Waals surface area contributed by atoms with Gasteiger partial charge in [0, 0.05) is 30.9 Å². The number of hydroxylamine groups is 2. The van der Waals surface area contributed by atoms with Crippen LogP contribution in [0.3, 0.4) is 0 Å². The number of pyridine rings is 1. The van der Waals surface area contributed by atoms with Crippen LogP contribution in [0.4, 0.5) is 0 Å². The van der Waals surface area contributed by atoms with E-state index in [-0.39, 0.29) is 0 Å². The van der Waals surface area contributed by atoms with Gasteiger partial charge < -0.3 is 0 Å². The molecule has 1 aliphatic heterocycles. The van der Waals surface area contributed by atoms with Gasteiger partial charge in [-0.3, -0.25) is 19.4 Å². The minimum absolute atomic E-state index is 0.307. The van der Waals surface area contributed by atoms with Crippen molar-refractivity contribution in [3.63, 3.8) is 0 Å². The van der Waals surface area contributed by atoms with E-state index in [2.05, 4.69) is 15.2 Å². The zero-order chi connectivity index (χ0) is 18.1. The second kappa shape index (κ2) is 6.95. The lowest BCUT2D eigenvalue weighted by Crippen LogP contribution is -2.16. The maximum absolute atomic E-state index is 6.28. The van der Waals surface area contributed by atoms with Crippen molar-refractivity contribution in [3.05, 3.63) is 70.5 Å². The van der Waals surface area contributed by atoms with Crippen molar-refractivity contribution >= 4 is 17.3 Å². The predicted molar refractivity (Wildman–Crippen MR) is 98.4 cm³/mol. The van der Waals surface area contributed by atoms with Gasteiger partial charge in [0.25, 0.3) is 0 Å². The maximum atomic E-state index is 6.28. The molecule has 0 saturated carbocycles. The highest BCUT2D eigenvalue weighted by Gasteiger charge is 2.23. The fourth-order valence-corrected chi connectivity index (χ4v) is 3.04. The quantitative estimate of drug-likeness (QED) is 0.662. The zero-order valence-corrected chi connectivity index (χ0v) is 15.2. The second-order valence-electron chi connectivity index (χ2n) is 5.99. The highest BCUT2D eigenvalue weighted by atomic mass is 35.5. The molecular weight excluding hydrogens is 352 g/mol. The molecule has 8 heteroatoms. The highest BCUT2D eigenvalue weighted by molar-refractivity contribution is 6.31. The standard InChI is InChI=1S/C18H17ClN6O/c1-24(2)26-11-17-23-22-16-10-21-18(14-5-3-4-8-20-14)13-9-12(19)6-7-15(13)25(16)17/h3-9H,10-11H2,1-2H3. The molecule has 0 N–H and O–H groups in total. The SMILES string of the molecule is CN(C)OCc1nnc2n1-c1ccc(Cl)cc1C(c1ccccn1)=NC2. The van der Waals surface area contributed by atoms with Gasteiger partial charge in [0.15, 0.2) is 11.6 Å². The van der Waals surface area contributed by atoms with Gasteiger partial charge in [0.05, 0.1) is 17.1 Å². The van der Waals surface area contributed by atoms with Crippen LogP contribution < -0.4 is 0 Å². The first kappa shape index (κ1) is 16.8. The van der Waals surface area contributed by atoms with E-state index in [1.54, 1.807) is 11.3 Å². The number of aromatic nitrogens is 4. The Morgan fingerprint density at radius 1 is 1.19 bits per heavy atom. The number of fused-ring (bicyclic) bond motifs is 3. The van der Waals surface area contributed by atoms with Crippen molar-refractivity contribution in [1.29, 1.82) is 0 Å². The molecule has 0 radical (unpaired) electrons. The zero-order valence-electron chi connectivity index (χ0n) is 14.4. The van der Waals surface area contributed by atoms with E-state index in [9.17, 15) is 0 Å². The highest BCUT2D eigenvalue weighted by Crippen LogP contribution is 2.28. The number of rotatable bonds is 4. The molecule has 4 rings (SSSR count). The third-order valence-corrected chi connectivity index (χ3v) is 4.22. The molecule has 132 valence electrons. The van der Waals surface area contributed by atoms with E-state index in [1.165, 1.54) is 0 Å². The summed E-state index contributed by atoms with van der Waals surface area (Å²) in [5, 5.41) is 10.8. The van der Waals surface area contributed by atoms with Crippen molar-refractivity contribution in [2.75, 3.05) is 14.1 Å². The molecule has 0 saturated heterocycles. The molecule has 3 heterocycles. The van der Waals surface area contributed by atoms with Crippen LogP contribution in [0.1, 0.15) is 22.9 Å². The van der Waals surface area contributed by atoms with Gasteiger partial charge in [-0.25, -0.2) is 0 Å². The lowest BCUT2D eigenvalue weighted by molar-refractivity contribution is -0.133. The Bertz CT molecular complexity index is 967. The first-order valence-electron chi connectivity index (χ1n) is 8.13. The number of halogens is 1. The monoisotopic (exact) mass is 368 g/mol. The molecule has 0 unspecified atom stereocenters. The summed E-state index contributed by atoms with van der Waals surface area (Å²) in [6.45, 7) is 0.703. The first-order chi connectivity index (χ1) is 12.6. The summed E-state index contributed by atoms with van der Waals surface area (Å²) in [6, 6.07) is 11.5. The Morgan fingerprint density at radius 3 is 2.85 bits per heavy atom. The molecule has 26 heavy (non-hydrogen) atoms. The van der Waals surface area contributed by atoms with Crippen LogP contribution >= 0.6 is 11.6 Å². The summed E-state index contributed by atoms with van der Waals surface area (Å²) in [4.78, 5) is 14.8. The number of nitrogens with zero attached hydrogens (tertiary/aromatic N) is 6. The Balaban J connectivity index is 1.87. The minimum atomic E-state index is 0.307. The topological polar surface area (TPSA) is 68.4 Å². The van der Waals surface area contributed by atoms with Crippen LogP contribution in [-0.2, 0) is 18.0 Å². The van der Waals surface area contributed by atoms with Crippen LogP contribution in [0, 0.1) is 0 Å². The predicted octanol–water partition coefficient (Wildman–Crippen LogP) is 2.66. The molecule has 0 aliphatic carbocycles. The number of benzene rings is 1. The smallest absolute Gasteiger partial charge is 0.165 e. The normalized spacial score (nSPS) is 13.2. The summed E-state index contributed by atoms with van der Waals surface area (Å²) in [6.07, 6.45) is 1.75. The lowest BCUT2D eigenvalue weighted by atomic mass is 10.0. The number of hydrogen-bond acceptors (Lipinski definition) is 6. The van der Waals surface area contributed by atoms with Crippen molar-refractivity contribution in [3.8, 4) is 5.69 Å². The largest absolute Gasteiger partial charge is 0.291 e. The summed E-state index contributed by atoms with van der Waals surface area (Å²) in [7, 11) is 3.66. The first-order valence-corrected chi connectivity index (χ1v) is 8.51. The maximum Gasteiger partial charge on any atom is 0.165 e. The van der Waals surface area contributed by atoms with E-state index < -0.39 is 0 Å². The van der Waals surface area contributed by atoms with Gasteiger partial charge in [0.1, 0.15) is 13.2 Å². The molecule has 2 aromatic heterocycles. The summed E-state index contributed by atoms with van der Waals surface area (Å²) < 4.78 is 1.98. The molecule has 0 bridgehead atoms. The number of hydrogen-bond donors (Lipinski definition) is 0. The van der Waals surface area contributed by atoms with E-state index >= 15 is 0 Å². The van der Waals surface area contributed by atoms with Gasteiger partial charge in [-0.2, -0.15) is 5.06 Å². The van der Waals surface area contributed by atoms with Crippen LogP contribution in [0.5, 0.6) is 0 Å². The van der Waals surface area contributed by atoms with Gasteiger partial charge in [-0.15, -0.1) is 10.2 Å². The third kappa shape index (κ3) is 3.12. The second-order valence-corrected chi connectivity index (χ2v) is 6.43. The Morgan fingerprint density at radius 2 is 2.08 bits per heavy atom. The summed E-state index contributed by atoms with van der Waals surface area (Å²) in [5.41, 5.74) is 3.38. The van der Waals surface area contributed by atoms with Crippen LogP contribution in [0.2, 0.25) is 5.02 Å². The number of aliphatic imine (C=N–C) groups is 1. The van der Waals surface area contributed by atoms with E-state index in [1.807, 2.05) is 55.1 Å². The Kier molecular flexibility index (Phi) is 4.50. The lowest BCUT2D eigenvalue weighted by Gasteiger charge is -2.15. The van der Waals surface area contributed by atoms with Gasteiger partial charge in [-0.1, -0.05) is 17.7 Å². The fraction of sp³-hybridized carbons (Fsp3) is 0.222. The van der Waals surface area contributed by atoms with Crippen molar-refractivity contribution in [2.45, 2.75) is 13.2 Å². The fourth-order valence-electron chi connectivity index (χ4n) is 2.86. The van der Waals surface area contributed by atoms with Crippen molar-refractivity contribution < 1.29 is 4.84 Å². The molecule has 0 atom stereocenters. The molecule has 0 spiro atoms. The summed E-state index contributed by atoms with van der Waals surface area (Å²) in [5.74, 6) is 1.45. The average molecular weight is 369 g/mol. The molecular formula is C18H17ClN6O. The third-order valence-electron chi connectivity index (χ3n) is 3.99. The van der Waals surface area contributed by atoms with Crippen LogP contribution in [0.15, 0.2) is 47.6 Å². The van der Waals surface area contributed by atoms with Gasteiger partial charge in [0.2, 0.25) is 0 Å². The van der Waals surface area contributed by atoms with Gasteiger partial charge >= 0.3 is 0 Å². The molecule has 1 aromatic carbocycles. The van der Waals surface area contributed by atoms with E-state index in [0.29, 0.717) is 24.0 Å². The molecule has 7 nitrogen and oxygen atoms in total. The molecule has 1 aliphatic rings. The average Bonchev–Trinajstić information content (AvgIpc) is 2.97. The van der Waals surface area contributed by atoms with Crippen molar-refractivity contribution in [1.82, 2.24) is 24.8 Å². The minimum Gasteiger partial charge on any atom is -0.291 e. The van der Waals surface area contributed by atoms with E-state index in [0.717, 1.165) is 28.5 Å².